The van der Waals surface area contributed by atoms with Crippen LogP contribution in [-0.4, -0.2) is 46.8 Å². The summed E-state index contributed by atoms with van der Waals surface area (Å²) in [6.07, 6.45) is 3.93. The molecule has 1 unspecified atom stereocenters. The van der Waals surface area contributed by atoms with Crippen LogP contribution in [0.3, 0.4) is 0 Å². The number of anilines is 2. The first-order valence-corrected chi connectivity index (χ1v) is 10.1. The van der Waals surface area contributed by atoms with Crippen LogP contribution in [0, 0.1) is 5.82 Å². The number of aromatic nitrogens is 2. The Morgan fingerprint density at radius 2 is 2.16 bits per heavy atom. The molecule has 1 atom stereocenters. The number of aliphatic hydroxyl groups excluding tert-OH is 1. The molecule has 3 aromatic rings. The minimum Gasteiger partial charge on any atom is -0.488 e. The lowest BCUT2D eigenvalue weighted by atomic mass is 10.1. The van der Waals surface area contributed by atoms with Crippen molar-refractivity contribution in [2.24, 2.45) is 0 Å². The lowest BCUT2D eigenvalue weighted by Crippen LogP contribution is -2.34. The molecule has 160 valence electrons. The third kappa shape index (κ3) is 4.45. The molecule has 1 aliphatic heterocycles. The van der Waals surface area contributed by atoms with Crippen molar-refractivity contribution in [1.29, 1.82) is 0 Å². The summed E-state index contributed by atoms with van der Waals surface area (Å²) in [6, 6.07) is 7.72. The molecule has 1 amide bonds. The summed E-state index contributed by atoms with van der Waals surface area (Å²) >= 11 is 6.04. The van der Waals surface area contributed by atoms with Crippen LogP contribution in [-0.2, 0) is 0 Å². The molecule has 0 saturated heterocycles. The molecule has 31 heavy (non-hydrogen) atoms. The molecule has 2 N–H and O–H groups in total. The number of carbonyl (C=O) groups excluding carboxylic acids is 1. The van der Waals surface area contributed by atoms with E-state index < -0.39 is 11.9 Å². The van der Waals surface area contributed by atoms with E-state index >= 15 is 0 Å². The van der Waals surface area contributed by atoms with Gasteiger partial charge < -0.3 is 20.1 Å². The Bertz CT molecular complexity index is 1130. The molecular formula is C22H20ClFN4O3. The van der Waals surface area contributed by atoms with Gasteiger partial charge in [-0.25, -0.2) is 4.39 Å². The molecule has 3 heterocycles. The number of rotatable bonds is 5. The van der Waals surface area contributed by atoms with Crippen LogP contribution in [0.15, 0.2) is 48.9 Å². The number of benzene rings is 1. The van der Waals surface area contributed by atoms with Gasteiger partial charge >= 0.3 is 0 Å². The van der Waals surface area contributed by atoms with Crippen LogP contribution in [0.25, 0.3) is 11.3 Å². The zero-order chi connectivity index (χ0) is 22.0. The van der Waals surface area contributed by atoms with Crippen LogP contribution in [0.5, 0.6) is 5.75 Å². The normalized spacial score (nSPS) is 13.9. The van der Waals surface area contributed by atoms with Gasteiger partial charge in [-0.05, 0) is 37.3 Å². The average Bonchev–Trinajstić information content (AvgIpc) is 2.78. The first kappa shape index (κ1) is 21.0. The molecule has 9 heteroatoms. The number of pyridine rings is 2. The number of fused-ring (bicyclic) bond motifs is 1. The van der Waals surface area contributed by atoms with Crippen LogP contribution in [0.1, 0.15) is 17.3 Å². The summed E-state index contributed by atoms with van der Waals surface area (Å²) in [5, 5.41) is 12.6. The predicted molar refractivity (Wildman–Crippen MR) is 115 cm³/mol. The maximum Gasteiger partial charge on any atom is 0.255 e. The fourth-order valence-electron chi connectivity index (χ4n) is 3.35. The van der Waals surface area contributed by atoms with E-state index in [0.29, 0.717) is 46.6 Å². The van der Waals surface area contributed by atoms with Crippen molar-refractivity contribution in [1.82, 2.24) is 15.3 Å². The molecule has 2 aromatic heterocycles. The second-order valence-electron chi connectivity index (χ2n) is 7.11. The van der Waals surface area contributed by atoms with Crippen molar-refractivity contribution >= 4 is 28.9 Å². The summed E-state index contributed by atoms with van der Waals surface area (Å²) in [5.41, 5.74) is 2.27. The number of nitrogens with zero attached hydrogens (tertiary/aromatic N) is 3. The van der Waals surface area contributed by atoms with Crippen molar-refractivity contribution in [2.45, 2.75) is 13.0 Å². The Morgan fingerprint density at radius 1 is 1.32 bits per heavy atom. The largest absolute Gasteiger partial charge is 0.488 e. The third-order valence-electron chi connectivity index (χ3n) is 4.81. The van der Waals surface area contributed by atoms with Crippen molar-refractivity contribution in [3.05, 3.63) is 65.3 Å². The van der Waals surface area contributed by atoms with Crippen LogP contribution in [0.4, 0.5) is 15.8 Å². The number of carbonyl (C=O) groups is 1. The van der Waals surface area contributed by atoms with E-state index in [1.807, 2.05) is 4.90 Å². The molecule has 0 saturated carbocycles. The highest BCUT2D eigenvalue weighted by Crippen LogP contribution is 2.40. The van der Waals surface area contributed by atoms with Gasteiger partial charge in [-0.15, -0.1) is 0 Å². The highest BCUT2D eigenvalue weighted by atomic mass is 35.5. The van der Waals surface area contributed by atoms with Gasteiger partial charge in [0.1, 0.15) is 12.4 Å². The SMILES string of the molecule is CC(O)CNC(=O)c1cnccc1N1CCOc2cnc(-c3cc(Cl)ccc3F)cc21. The molecule has 0 aliphatic carbocycles. The Labute approximate surface area is 183 Å². The summed E-state index contributed by atoms with van der Waals surface area (Å²) < 4.78 is 20.1. The second kappa shape index (κ2) is 8.87. The van der Waals surface area contributed by atoms with E-state index in [0.717, 1.165) is 0 Å². The van der Waals surface area contributed by atoms with Crippen LogP contribution >= 0.6 is 11.6 Å². The maximum atomic E-state index is 14.4. The topological polar surface area (TPSA) is 87.6 Å². The van der Waals surface area contributed by atoms with E-state index in [1.165, 1.54) is 30.6 Å². The Kier molecular flexibility index (Phi) is 6.01. The molecule has 0 fully saturated rings. The van der Waals surface area contributed by atoms with Gasteiger partial charge in [-0.1, -0.05) is 11.6 Å². The molecule has 4 rings (SSSR count). The summed E-state index contributed by atoms with van der Waals surface area (Å²) in [7, 11) is 0. The van der Waals surface area contributed by atoms with Crippen molar-refractivity contribution in [2.75, 3.05) is 24.6 Å². The fraction of sp³-hybridized carbons (Fsp3) is 0.227. The lowest BCUT2D eigenvalue weighted by Gasteiger charge is -2.32. The van der Waals surface area contributed by atoms with E-state index in [-0.39, 0.29) is 18.0 Å². The minimum absolute atomic E-state index is 0.120. The van der Waals surface area contributed by atoms with Gasteiger partial charge in [0.05, 0.1) is 41.5 Å². The minimum atomic E-state index is -0.672. The Hall–Kier alpha value is -3.23. The molecule has 1 aromatic carbocycles. The number of ether oxygens (including phenoxy) is 1. The van der Waals surface area contributed by atoms with E-state index in [4.69, 9.17) is 16.3 Å². The average molecular weight is 443 g/mol. The number of nitrogens with one attached hydrogen (secondary N) is 1. The number of hydrogen-bond acceptors (Lipinski definition) is 6. The lowest BCUT2D eigenvalue weighted by molar-refractivity contribution is 0.0924. The Balaban J connectivity index is 1.75. The highest BCUT2D eigenvalue weighted by molar-refractivity contribution is 6.30. The van der Waals surface area contributed by atoms with Crippen LogP contribution in [0.2, 0.25) is 5.02 Å². The smallest absolute Gasteiger partial charge is 0.255 e. The molecule has 7 nitrogen and oxygen atoms in total. The fourth-order valence-corrected chi connectivity index (χ4v) is 3.52. The quantitative estimate of drug-likeness (QED) is 0.628. The molecular weight excluding hydrogens is 423 g/mol. The summed E-state index contributed by atoms with van der Waals surface area (Å²) in [5.74, 6) is -0.279. The van der Waals surface area contributed by atoms with Crippen molar-refractivity contribution < 1.29 is 19.0 Å². The van der Waals surface area contributed by atoms with E-state index in [2.05, 4.69) is 15.3 Å². The van der Waals surface area contributed by atoms with Gasteiger partial charge in [-0.2, -0.15) is 0 Å². The second-order valence-corrected chi connectivity index (χ2v) is 7.55. The molecule has 1 aliphatic rings. The van der Waals surface area contributed by atoms with Crippen molar-refractivity contribution in [3.8, 4) is 17.0 Å². The first-order valence-electron chi connectivity index (χ1n) is 9.70. The van der Waals surface area contributed by atoms with E-state index in [9.17, 15) is 14.3 Å². The first-order chi connectivity index (χ1) is 14.9. The molecule has 0 spiro atoms. The monoisotopic (exact) mass is 442 g/mol. The van der Waals surface area contributed by atoms with Gasteiger partial charge in [0.15, 0.2) is 5.75 Å². The Morgan fingerprint density at radius 3 is 2.97 bits per heavy atom. The standard InChI is InChI=1S/C22H20ClFN4O3/c1-13(29)10-27-22(30)16-11-25-5-4-19(16)28-6-7-31-21-12-26-18(9-20(21)28)15-8-14(23)2-3-17(15)24/h2-5,8-9,11-13,29H,6-7,10H2,1H3,(H,27,30). The van der Waals surface area contributed by atoms with Gasteiger partial charge in [0.25, 0.3) is 5.91 Å². The maximum absolute atomic E-state index is 14.4. The zero-order valence-corrected chi connectivity index (χ0v) is 17.4. The predicted octanol–water partition coefficient (Wildman–Crippen LogP) is 3.58. The molecule has 0 radical (unpaired) electrons. The van der Waals surface area contributed by atoms with E-state index in [1.54, 1.807) is 25.3 Å². The van der Waals surface area contributed by atoms with Crippen molar-refractivity contribution in [3.63, 3.8) is 0 Å². The summed E-state index contributed by atoms with van der Waals surface area (Å²) in [4.78, 5) is 23.0. The summed E-state index contributed by atoms with van der Waals surface area (Å²) in [6.45, 7) is 2.56. The number of hydrogen-bond donors (Lipinski definition) is 2. The highest BCUT2D eigenvalue weighted by Gasteiger charge is 2.25. The zero-order valence-electron chi connectivity index (χ0n) is 16.7. The van der Waals surface area contributed by atoms with Gasteiger partial charge in [0, 0.05) is 29.5 Å². The number of halogens is 2. The number of aliphatic hydroxyl groups is 1. The number of amides is 1. The van der Waals surface area contributed by atoms with Gasteiger partial charge in [0.2, 0.25) is 0 Å². The van der Waals surface area contributed by atoms with Gasteiger partial charge in [-0.3, -0.25) is 14.8 Å². The third-order valence-corrected chi connectivity index (χ3v) is 5.04. The molecule has 0 bridgehead atoms. The van der Waals surface area contributed by atoms with Crippen LogP contribution < -0.4 is 15.0 Å².